The maximum atomic E-state index is 11.2. The van der Waals surface area contributed by atoms with Crippen molar-refractivity contribution in [3.05, 3.63) is 66.2 Å². The smallest absolute Gasteiger partial charge is 0.303 e. The average molecular weight is 310 g/mol. The highest BCUT2D eigenvalue weighted by Gasteiger charge is 2.08. The molecule has 0 aliphatic carbocycles. The highest BCUT2D eigenvalue weighted by atomic mass is 32.2. The molecule has 2 nitrogen and oxygen atoms in total. The Morgan fingerprint density at radius 1 is 1.09 bits per heavy atom. The molecule has 0 radical (unpaired) electrons. The zero-order valence-electron chi connectivity index (χ0n) is 12.5. The number of rotatable bonds is 5. The third-order valence-corrected chi connectivity index (χ3v) is 3.71. The van der Waals surface area contributed by atoms with E-state index in [1.54, 1.807) is 0 Å². The van der Waals surface area contributed by atoms with Crippen LogP contribution in [0.25, 0.3) is 0 Å². The van der Waals surface area contributed by atoms with Gasteiger partial charge in [0.15, 0.2) is 6.10 Å². The molecule has 112 valence electrons. The highest BCUT2D eigenvalue weighted by molar-refractivity contribution is 8.03. The number of ether oxygens (including phenoxy) is 1. The lowest BCUT2D eigenvalue weighted by atomic mass is 10.1. The minimum Gasteiger partial charge on any atom is -0.449 e. The second-order valence-corrected chi connectivity index (χ2v) is 5.66. The molecule has 0 fully saturated rings. The molecule has 0 saturated carbocycles. The van der Waals surface area contributed by atoms with Gasteiger partial charge in [-0.2, -0.15) is 0 Å². The molecule has 0 N–H and O–H groups in total. The number of carbonyl (C=O) groups excluding carboxylic acids is 1. The number of carbonyl (C=O) groups is 1. The van der Waals surface area contributed by atoms with Gasteiger partial charge < -0.3 is 4.74 Å². The fourth-order valence-corrected chi connectivity index (χ4v) is 2.55. The fraction of sp³-hybridized carbons (Fsp3) is 0.211. The number of aryl methyl sites for hydroxylation is 1. The van der Waals surface area contributed by atoms with Crippen LogP contribution in [0.15, 0.2) is 65.6 Å². The van der Waals surface area contributed by atoms with Crippen molar-refractivity contribution in [2.75, 3.05) is 0 Å². The summed E-state index contributed by atoms with van der Waals surface area (Å²) in [4.78, 5) is 12.3. The third-order valence-electron chi connectivity index (χ3n) is 2.98. The van der Waals surface area contributed by atoms with Gasteiger partial charge in [-0.05, 0) is 53.5 Å². The van der Waals surface area contributed by atoms with Gasteiger partial charge in [-0.25, -0.2) is 0 Å². The maximum Gasteiger partial charge on any atom is 0.303 e. The first kappa shape index (κ1) is 16.2. The van der Waals surface area contributed by atoms with Crippen molar-refractivity contribution in [2.24, 2.45) is 0 Å². The summed E-state index contributed by atoms with van der Waals surface area (Å²) in [6, 6.07) is 20.1. The Balaban J connectivity index is 1.93. The van der Waals surface area contributed by atoms with Gasteiger partial charge in [-0.1, -0.05) is 48.5 Å². The Morgan fingerprint density at radius 2 is 1.73 bits per heavy atom. The van der Waals surface area contributed by atoms with Crippen molar-refractivity contribution >= 4 is 17.7 Å². The molecule has 0 amide bonds. The van der Waals surface area contributed by atoms with E-state index >= 15 is 0 Å². The van der Waals surface area contributed by atoms with E-state index in [0.29, 0.717) is 6.42 Å². The summed E-state index contributed by atoms with van der Waals surface area (Å²) in [6.45, 7) is 1.42. The second kappa shape index (κ2) is 8.96. The van der Waals surface area contributed by atoms with Gasteiger partial charge in [0.1, 0.15) is 0 Å². The Hall–Kier alpha value is -2.18. The van der Waals surface area contributed by atoms with Crippen LogP contribution in [0.4, 0.5) is 0 Å². The van der Waals surface area contributed by atoms with Gasteiger partial charge >= 0.3 is 5.97 Å². The number of thioether (sulfide) groups is 1. The lowest BCUT2D eigenvalue weighted by molar-refractivity contribution is -0.143. The number of hydrogen-bond acceptors (Lipinski definition) is 3. The summed E-state index contributed by atoms with van der Waals surface area (Å²) in [5, 5.41) is 3.03. The summed E-state index contributed by atoms with van der Waals surface area (Å²) in [5.74, 6) is 2.75. The van der Waals surface area contributed by atoms with E-state index in [9.17, 15) is 4.79 Å². The molecule has 2 aromatic rings. The summed E-state index contributed by atoms with van der Waals surface area (Å²) in [6.07, 6.45) is 1.17. The molecular weight excluding hydrogens is 292 g/mol. The lowest BCUT2D eigenvalue weighted by Gasteiger charge is -2.10. The van der Waals surface area contributed by atoms with E-state index in [1.807, 2.05) is 48.5 Å². The average Bonchev–Trinajstić information content (AvgIpc) is 2.54. The van der Waals surface area contributed by atoms with E-state index in [4.69, 9.17) is 4.74 Å². The molecule has 0 aromatic heterocycles. The van der Waals surface area contributed by atoms with Crippen LogP contribution in [0.1, 0.15) is 18.9 Å². The number of benzene rings is 2. The highest BCUT2D eigenvalue weighted by Crippen LogP contribution is 2.15. The minimum absolute atomic E-state index is 0.294. The minimum atomic E-state index is -0.367. The van der Waals surface area contributed by atoms with Crippen molar-refractivity contribution in [3.8, 4) is 11.2 Å². The van der Waals surface area contributed by atoms with E-state index in [1.165, 1.54) is 24.2 Å². The second-order valence-electron chi connectivity index (χ2n) is 4.78. The van der Waals surface area contributed by atoms with Crippen LogP contribution in [-0.4, -0.2) is 12.1 Å². The molecule has 22 heavy (non-hydrogen) atoms. The van der Waals surface area contributed by atoms with Crippen LogP contribution in [0.5, 0.6) is 0 Å². The van der Waals surface area contributed by atoms with Crippen molar-refractivity contribution in [3.63, 3.8) is 0 Å². The molecule has 1 atom stereocenters. The van der Waals surface area contributed by atoms with E-state index < -0.39 is 0 Å². The first-order chi connectivity index (χ1) is 10.7. The Bertz CT molecular complexity index is 641. The number of esters is 1. The van der Waals surface area contributed by atoms with Crippen LogP contribution in [-0.2, 0) is 16.0 Å². The molecule has 0 bridgehead atoms. The number of hydrogen-bond donors (Lipinski definition) is 0. The summed E-state index contributed by atoms with van der Waals surface area (Å²) in [5.41, 5.74) is 1.22. The largest absolute Gasteiger partial charge is 0.449 e. The van der Waals surface area contributed by atoms with Crippen molar-refractivity contribution < 1.29 is 9.53 Å². The normalized spacial score (nSPS) is 11.1. The van der Waals surface area contributed by atoms with Crippen LogP contribution in [0.3, 0.4) is 0 Å². The van der Waals surface area contributed by atoms with Gasteiger partial charge in [0.2, 0.25) is 0 Å². The summed E-state index contributed by atoms with van der Waals surface area (Å²) >= 11 is 1.45. The Labute approximate surface area is 135 Å². The Morgan fingerprint density at radius 3 is 2.36 bits per heavy atom. The molecule has 2 aromatic carbocycles. The molecule has 2 rings (SSSR count). The van der Waals surface area contributed by atoms with Crippen LogP contribution < -0.4 is 0 Å². The third kappa shape index (κ3) is 6.07. The standard InChI is InChI=1S/C19H18O2S/c1-16(20)21-18(13-12-17-8-4-2-5-9-17)14-15-22-19-10-6-3-7-11-19/h2-11,18H,12-13H2,1H3. The first-order valence-electron chi connectivity index (χ1n) is 7.17. The zero-order chi connectivity index (χ0) is 15.6. The SMILES string of the molecule is CC(=O)OC(C#CSc1ccccc1)CCc1ccccc1. The molecule has 0 aliphatic rings. The van der Waals surface area contributed by atoms with Gasteiger partial charge in [0.25, 0.3) is 0 Å². The molecule has 3 heteroatoms. The van der Waals surface area contributed by atoms with Gasteiger partial charge in [0.05, 0.1) is 0 Å². The van der Waals surface area contributed by atoms with Crippen molar-refractivity contribution in [2.45, 2.75) is 30.8 Å². The molecular formula is C19H18O2S. The molecule has 0 aliphatic heterocycles. The Kier molecular flexibility index (Phi) is 6.60. The quantitative estimate of drug-likeness (QED) is 0.468. The molecule has 0 saturated heterocycles. The van der Waals surface area contributed by atoms with Gasteiger partial charge in [-0.3, -0.25) is 4.79 Å². The zero-order valence-corrected chi connectivity index (χ0v) is 13.3. The first-order valence-corrected chi connectivity index (χ1v) is 7.99. The van der Waals surface area contributed by atoms with Crippen LogP contribution in [0, 0.1) is 11.2 Å². The topological polar surface area (TPSA) is 26.3 Å². The fourth-order valence-electron chi connectivity index (χ4n) is 1.95. The van der Waals surface area contributed by atoms with Crippen LogP contribution >= 0.6 is 11.8 Å². The van der Waals surface area contributed by atoms with Gasteiger partial charge in [-0.15, -0.1) is 0 Å². The van der Waals surface area contributed by atoms with Crippen molar-refractivity contribution in [1.82, 2.24) is 0 Å². The molecule has 0 heterocycles. The molecule has 0 spiro atoms. The van der Waals surface area contributed by atoms with Gasteiger partial charge in [0, 0.05) is 11.8 Å². The lowest BCUT2D eigenvalue weighted by Crippen LogP contribution is -2.15. The molecule has 1 unspecified atom stereocenters. The predicted molar refractivity (Wildman–Crippen MR) is 90.4 cm³/mol. The summed E-state index contributed by atoms with van der Waals surface area (Å²) in [7, 11) is 0. The summed E-state index contributed by atoms with van der Waals surface area (Å²) < 4.78 is 5.28. The van der Waals surface area contributed by atoms with E-state index in [-0.39, 0.29) is 12.1 Å². The van der Waals surface area contributed by atoms with Crippen LogP contribution in [0.2, 0.25) is 0 Å². The maximum absolute atomic E-state index is 11.2. The monoisotopic (exact) mass is 310 g/mol. The van der Waals surface area contributed by atoms with Crippen molar-refractivity contribution in [1.29, 1.82) is 0 Å². The van der Waals surface area contributed by atoms with E-state index in [2.05, 4.69) is 23.3 Å². The van der Waals surface area contributed by atoms with E-state index in [0.717, 1.165) is 11.3 Å². The predicted octanol–water partition coefficient (Wildman–Crippen LogP) is 4.30.